The number of nitrogens with one attached hydrogen (secondary N) is 2. The number of amides is 2. The van der Waals surface area contributed by atoms with Gasteiger partial charge in [-0.05, 0) is 72.9 Å². The molecule has 0 aliphatic heterocycles. The van der Waals surface area contributed by atoms with Crippen molar-refractivity contribution in [1.82, 2.24) is 10.6 Å². The molecule has 2 amide bonds. The van der Waals surface area contributed by atoms with Crippen molar-refractivity contribution in [2.24, 2.45) is 0 Å². The van der Waals surface area contributed by atoms with Gasteiger partial charge in [-0.15, -0.1) is 0 Å². The lowest BCUT2D eigenvalue weighted by Gasteiger charge is -2.22. The summed E-state index contributed by atoms with van der Waals surface area (Å²) in [6.45, 7) is 1.99. The first-order valence-electron chi connectivity index (χ1n) is 12.4. The second-order valence-electron chi connectivity index (χ2n) is 9.24. The van der Waals surface area contributed by atoms with Crippen molar-refractivity contribution in [3.05, 3.63) is 59.2 Å². The van der Waals surface area contributed by atoms with Gasteiger partial charge < -0.3 is 15.7 Å². The molecule has 0 spiro atoms. The number of carbonyl (C=O) groups excluding carboxylic acids is 2. The molecule has 188 valence electrons. The summed E-state index contributed by atoms with van der Waals surface area (Å²) >= 11 is 1.55. The van der Waals surface area contributed by atoms with Crippen LogP contribution < -0.4 is 10.6 Å². The van der Waals surface area contributed by atoms with E-state index in [-0.39, 0.29) is 11.9 Å². The van der Waals surface area contributed by atoms with E-state index in [4.69, 9.17) is 0 Å². The third kappa shape index (κ3) is 7.85. The number of rotatable bonds is 11. The maximum Gasteiger partial charge on any atom is 0.326 e. The minimum Gasteiger partial charge on any atom is -0.480 e. The molecule has 3 rings (SSSR count). The van der Waals surface area contributed by atoms with Crippen LogP contribution in [0.4, 0.5) is 0 Å². The summed E-state index contributed by atoms with van der Waals surface area (Å²) in [7, 11) is 0. The van der Waals surface area contributed by atoms with Gasteiger partial charge in [-0.1, -0.05) is 55.7 Å². The van der Waals surface area contributed by atoms with E-state index in [1.807, 2.05) is 49.6 Å². The molecule has 0 unspecified atom stereocenters. The zero-order chi connectivity index (χ0) is 25.2. The van der Waals surface area contributed by atoms with Gasteiger partial charge >= 0.3 is 5.97 Å². The van der Waals surface area contributed by atoms with E-state index in [0.29, 0.717) is 30.6 Å². The Morgan fingerprint density at radius 1 is 1.06 bits per heavy atom. The molecular formula is C28H36N2O4S. The fraction of sp³-hybridized carbons (Fsp3) is 0.464. The predicted octanol–water partition coefficient (Wildman–Crippen LogP) is 4.98. The standard InChI is InChI=1S/C28H36N2O4S/c1-19-8-6-7-11-22(19)24-18-20(13-15-26(31)29-21-9-4-3-5-10-21)12-14-23(24)27(32)30-25(28(33)34)16-17-35-2/h6-8,11-12,14,18,21,25H,3-5,9-10,13,15-17H2,1-2H3,(H,29,31)(H,30,32)(H,33,34)/t25-/m0/s1. The van der Waals surface area contributed by atoms with Crippen molar-refractivity contribution in [2.75, 3.05) is 12.0 Å². The lowest BCUT2D eigenvalue weighted by Crippen LogP contribution is -2.41. The first kappa shape index (κ1) is 26.8. The lowest BCUT2D eigenvalue weighted by molar-refractivity contribution is -0.139. The van der Waals surface area contributed by atoms with E-state index in [1.165, 1.54) is 19.3 Å². The average Bonchev–Trinajstić information content (AvgIpc) is 2.85. The van der Waals surface area contributed by atoms with Gasteiger partial charge in [-0.2, -0.15) is 11.8 Å². The molecule has 1 fully saturated rings. The fourth-order valence-electron chi connectivity index (χ4n) is 4.58. The number of aliphatic carboxylic acids is 1. The minimum absolute atomic E-state index is 0.0641. The number of aryl methyl sites for hydroxylation is 2. The highest BCUT2D eigenvalue weighted by Gasteiger charge is 2.23. The van der Waals surface area contributed by atoms with Crippen molar-refractivity contribution < 1.29 is 19.5 Å². The number of carboxylic acids is 1. The molecule has 1 saturated carbocycles. The van der Waals surface area contributed by atoms with Crippen LogP contribution in [-0.2, 0) is 16.0 Å². The molecular weight excluding hydrogens is 460 g/mol. The molecule has 7 heteroatoms. The van der Waals surface area contributed by atoms with Crippen LogP contribution in [0.3, 0.4) is 0 Å². The predicted molar refractivity (Wildman–Crippen MR) is 142 cm³/mol. The van der Waals surface area contributed by atoms with E-state index in [2.05, 4.69) is 10.6 Å². The van der Waals surface area contributed by atoms with E-state index in [1.54, 1.807) is 17.8 Å². The number of benzene rings is 2. The van der Waals surface area contributed by atoms with Crippen LogP contribution >= 0.6 is 11.8 Å². The molecule has 0 saturated heterocycles. The Morgan fingerprint density at radius 2 is 1.80 bits per heavy atom. The quantitative estimate of drug-likeness (QED) is 0.408. The summed E-state index contributed by atoms with van der Waals surface area (Å²) in [5.41, 5.74) is 4.09. The van der Waals surface area contributed by atoms with E-state index < -0.39 is 17.9 Å². The number of hydrogen-bond acceptors (Lipinski definition) is 4. The molecule has 1 aliphatic carbocycles. The van der Waals surface area contributed by atoms with Gasteiger partial charge in [-0.3, -0.25) is 9.59 Å². The summed E-state index contributed by atoms with van der Waals surface area (Å²) in [6, 6.07) is 12.7. The van der Waals surface area contributed by atoms with Crippen LogP contribution in [-0.4, -0.2) is 47.0 Å². The Balaban J connectivity index is 1.79. The zero-order valence-corrected chi connectivity index (χ0v) is 21.5. The molecule has 3 N–H and O–H groups in total. The molecule has 2 aromatic rings. The van der Waals surface area contributed by atoms with Crippen LogP contribution in [0.5, 0.6) is 0 Å². The zero-order valence-electron chi connectivity index (χ0n) is 20.6. The topological polar surface area (TPSA) is 95.5 Å². The highest BCUT2D eigenvalue weighted by atomic mass is 32.2. The molecule has 1 atom stereocenters. The minimum atomic E-state index is -1.04. The molecule has 0 bridgehead atoms. The van der Waals surface area contributed by atoms with Crippen molar-refractivity contribution in [3.8, 4) is 11.1 Å². The smallest absolute Gasteiger partial charge is 0.326 e. The van der Waals surface area contributed by atoms with Gasteiger partial charge in [0.25, 0.3) is 5.91 Å². The van der Waals surface area contributed by atoms with Crippen molar-refractivity contribution in [2.45, 2.75) is 70.4 Å². The number of carboxylic acid groups (broad SMARTS) is 1. The average molecular weight is 497 g/mol. The van der Waals surface area contributed by atoms with Crippen molar-refractivity contribution in [1.29, 1.82) is 0 Å². The first-order chi connectivity index (χ1) is 16.9. The number of carbonyl (C=O) groups is 3. The molecule has 0 radical (unpaired) electrons. The highest BCUT2D eigenvalue weighted by molar-refractivity contribution is 7.98. The molecule has 2 aromatic carbocycles. The number of hydrogen-bond donors (Lipinski definition) is 3. The van der Waals surface area contributed by atoms with Gasteiger partial charge in [0.1, 0.15) is 6.04 Å². The molecule has 0 aromatic heterocycles. The van der Waals surface area contributed by atoms with Gasteiger partial charge in [0.05, 0.1) is 0 Å². The number of thioether (sulfide) groups is 1. The second kappa shape index (κ2) is 13.3. The van der Waals surface area contributed by atoms with Gasteiger partial charge in [0, 0.05) is 18.0 Å². The van der Waals surface area contributed by atoms with E-state index >= 15 is 0 Å². The molecule has 6 nitrogen and oxygen atoms in total. The van der Waals surface area contributed by atoms with E-state index in [9.17, 15) is 19.5 Å². The molecule has 1 aliphatic rings. The Kier molecular flexibility index (Phi) is 10.2. The Hall–Kier alpha value is -2.80. The largest absolute Gasteiger partial charge is 0.480 e. The summed E-state index contributed by atoms with van der Waals surface area (Å²) in [4.78, 5) is 37.4. The third-order valence-corrected chi connectivity index (χ3v) is 7.23. The van der Waals surface area contributed by atoms with Crippen LogP contribution in [0.15, 0.2) is 42.5 Å². The fourth-order valence-corrected chi connectivity index (χ4v) is 5.05. The van der Waals surface area contributed by atoms with Crippen molar-refractivity contribution in [3.63, 3.8) is 0 Å². The van der Waals surface area contributed by atoms with Crippen LogP contribution in [0.25, 0.3) is 11.1 Å². The lowest BCUT2D eigenvalue weighted by atomic mass is 9.92. The third-order valence-electron chi connectivity index (χ3n) is 6.59. The van der Waals surface area contributed by atoms with E-state index in [0.717, 1.165) is 35.1 Å². The monoisotopic (exact) mass is 496 g/mol. The highest BCUT2D eigenvalue weighted by Crippen LogP contribution is 2.29. The Labute approximate surface area is 212 Å². The van der Waals surface area contributed by atoms with Crippen LogP contribution in [0, 0.1) is 6.92 Å². The van der Waals surface area contributed by atoms with Gasteiger partial charge in [0.15, 0.2) is 0 Å². The summed E-state index contributed by atoms with van der Waals surface area (Å²) < 4.78 is 0. The Bertz CT molecular complexity index is 1030. The van der Waals surface area contributed by atoms with Crippen molar-refractivity contribution >= 4 is 29.5 Å². The maximum atomic E-state index is 13.2. The maximum absolute atomic E-state index is 13.2. The van der Waals surface area contributed by atoms with Gasteiger partial charge in [-0.25, -0.2) is 4.79 Å². The summed E-state index contributed by atoms with van der Waals surface area (Å²) in [5, 5.41) is 15.4. The SMILES string of the molecule is CSCC[C@H](NC(=O)c1ccc(CCC(=O)NC2CCCCC2)cc1-c1ccccc1C)C(=O)O. The van der Waals surface area contributed by atoms with Crippen LogP contribution in [0.1, 0.15) is 66.4 Å². The molecule has 0 heterocycles. The summed E-state index contributed by atoms with van der Waals surface area (Å²) in [6.07, 6.45) is 8.95. The van der Waals surface area contributed by atoms with Crippen LogP contribution in [0.2, 0.25) is 0 Å². The summed E-state index contributed by atoms with van der Waals surface area (Å²) in [5.74, 6) is -0.734. The second-order valence-corrected chi connectivity index (χ2v) is 10.2. The first-order valence-corrected chi connectivity index (χ1v) is 13.8. The normalized spacial score (nSPS) is 14.8. The molecule has 35 heavy (non-hydrogen) atoms. The Morgan fingerprint density at radius 3 is 2.49 bits per heavy atom. The van der Waals surface area contributed by atoms with Gasteiger partial charge in [0.2, 0.25) is 5.91 Å².